The molecule has 2 atom stereocenters. The van der Waals surface area contributed by atoms with E-state index in [1.165, 1.54) is 225 Å². The number of allylic oxidation sites excluding steroid dienone is 5. The summed E-state index contributed by atoms with van der Waals surface area (Å²) in [7, 11) is 0. The fourth-order valence-electron chi connectivity index (χ4n) is 7.92. The molecule has 0 aromatic heterocycles. The molecule has 57 heavy (non-hydrogen) atoms. The van der Waals surface area contributed by atoms with Gasteiger partial charge < -0.3 is 15.5 Å². The van der Waals surface area contributed by atoms with Crippen LogP contribution in [0.25, 0.3) is 0 Å². The molecule has 0 fully saturated rings. The summed E-state index contributed by atoms with van der Waals surface area (Å²) in [5.74, 6) is -0.0688. The lowest BCUT2D eigenvalue weighted by Gasteiger charge is -2.20. The molecule has 0 aliphatic carbocycles. The number of hydrogen-bond donors (Lipinski definition) is 3. The van der Waals surface area contributed by atoms with Crippen LogP contribution in [0.1, 0.15) is 277 Å². The second-order valence-electron chi connectivity index (χ2n) is 17.6. The zero-order valence-electron chi connectivity index (χ0n) is 38.6. The highest BCUT2D eigenvalue weighted by atomic mass is 16.3. The molecule has 4 heteroatoms. The van der Waals surface area contributed by atoms with Gasteiger partial charge in [-0.2, -0.15) is 0 Å². The van der Waals surface area contributed by atoms with Crippen LogP contribution >= 0.6 is 0 Å². The lowest BCUT2D eigenvalue weighted by molar-refractivity contribution is -0.123. The molecule has 0 rings (SSSR count). The largest absolute Gasteiger partial charge is 0.394 e. The molecule has 3 N–H and O–H groups in total. The second kappa shape index (κ2) is 49.0. The van der Waals surface area contributed by atoms with Crippen LogP contribution < -0.4 is 5.32 Å². The number of rotatable bonds is 47. The molecule has 2 unspecified atom stereocenters. The van der Waals surface area contributed by atoms with Crippen molar-refractivity contribution in [3.8, 4) is 0 Å². The average molecular weight is 800 g/mol. The number of aliphatic hydroxyl groups is 2. The Morgan fingerprint density at radius 1 is 0.421 bits per heavy atom. The van der Waals surface area contributed by atoms with Crippen molar-refractivity contribution in [1.29, 1.82) is 0 Å². The third kappa shape index (κ3) is 45.5. The Bertz CT molecular complexity index is 866. The lowest BCUT2D eigenvalue weighted by Crippen LogP contribution is -2.45. The Morgan fingerprint density at radius 2 is 0.719 bits per heavy atom. The molecule has 336 valence electrons. The Kier molecular flexibility index (Phi) is 47.8. The summed E-state index contributed by atoms with van der Waals surface area (Å²) in [6.07, 6.45) is 65.6. The predicted octanol–water partition coefficient (Wildman–Crippen LogP) is 16.5. The fourth-order valence-corrected chi connectivity index (χ4v) is 7.92. The van der Waals surface area contributed by atoms with E-state index < -0.39 is 12.1 Å². The van der Waals surface area contributed by atoms with Crippen molar-refractivity contribution >= 4 is 5.91 Å². The Labute approximate surface area is 357 Å². The number of nitrogens with one attached hydrogen (secondary N) is 1. The van der Waals surface area contributed by atoms with Crippen molar-refractivity contribution in [3.63, 3.8) is 0 Å². The van der Waals surface area contributed by atoms with Gasteiger partial charge >= 0.3 is 0 Å². The van der Waals surface area contributed by atoms with Crippen molar-refractivity contribution in [2.24, 2.45) is 0 Å². The van der Waals surface area contributed by atoms with E-state index in [4.69, 9.17) is 0 Å². The molecule has 0 bridgehead atoms. The Hall–Kier alpha value is -1.39. The van der Waals surface area contributed by atoms with Crippen molar-refractivity contribution in [2.45, 2.75) is 289 Å². The first-order valence-corrected chi connectivity index (χ1v) is 25.7. The Balaban J connectivity index is 3.54. The molecular weight excluding hydrogens is 699 g/mol. The SMILES string of the molecule is CCCCCCCCCCC/C=C\C/C=C\CCCCCCCCCC(=O)NC(CO)C(O)/C=C/CCCCCCCCCCCCCCCCCCCCCC. The smallest absolute Gasteiger partial charge is 0.220 e. The van der Waals surface area contributed by atoms with Gasteiger partial charge in [-0.3, -0.25) is 4.79 Å². The summed E-state index contributed by atoms with van der Waals surface area (Å²) in [5, 5.41) is 23.1. The van der Waals surface area contributed by atoms with Gasteiger partial charge in [0.05, 0.1) is 18.8 Å². The quantitative estimate of drug-likeness (QED) is 0.0424. The zero-order valence-corrected chi connectivity index (χ0v) is 38.6. The van der Waals surface area contributed by atoms with Crippen LogP contribution in [0, 0.1) is 0 Å². The minimum Gasteiger partial charge on any atom is -0.394 e. The van der Waals surface area contributed by atoms with E-state index in [-0.39, 0.29) is 12.5 Å². The van der Waals surface area contributed by atoms with Gasteiger partial charge in [0.1, 0.15) is 0 Å². The predicted molar refractivity (Wildman–Crippen MR) is 253 cm³/mol. The molecule has 0 heterocycles. The molecule has 1 amide bonds. The highest BCUT2D eigenvalue weighted by Gasteiger charge is 2.18. The number of unbranched alkanes of at least 4 members (excludes halogenated alkanes) is 36. The maximum atomic E-state index is 12.4. The number of hydrogen-bond acceptors (Lipinski definition) is 3. The third-order valence-electron chi connectivity index (χ3n) is 11.9. The number of carbonyl (C=O) groups excluding carboxylic acids is 1. The van der Waals surface area contributed by atoms with Crippen LogP contribution in [0.15, 0.2) is 36.5 Å². The normalized spacial score (nSPS) is 13.1. The van der Waals surface area contributed by atoms with Crippen molar-refractivity contribution in [2.75, 3.05) is 6.61 Å². The lowest BCUT2D eigenvalue weighted by atomic mass is 10.0. The van der Waals surface area contributed by atoms with Crippen LogP contribution in [-0.2, 0) is 4.79 Å². The first kappa shape index (κ1) is 55.6. The van der Waals surface area contributed by atoms with E-state index >= 15 is 0 Å². The van der Waals surface area contributed by atoms with Crippen molar-refractivity contribution in [1.82, 2.24) is 5.32 Å². The first-order chi connectivity index (χ1) is 28.2. The summed E-state index contributed by atoms with van der Waals surface area (Å²) in [5.41, 5.74) is 0. The third-order valence-corrected chi connectivity index (χ3v) is 11.9. The summed E-state index contributed by atoms with van der Waals surface area (Å²) < 4.78 is 0. The van der Waals surface area contributed by atoms with Crippen molar-refractivity contribution < 1.29 is 15.0 Å². The highest BCUT2D eigenvalue weighted by Crippen LogP contribution is 2.16. The van der Waals surface area contributed by atoms with E-state index in [0.717, 1.165) is 32.1 Å². The molecule has 4 nitrogen and oxygen atoms in total. The van der Waals surface area contributed by atoms with Crippen LogP contribution in [0.3, 0.4) is 0 Å². The van der Waals surface area contributed by atoms with Gasteiger partial charge in [0.25, 0.3) is 0 Å². The Morgan fingerprint density at radius 3 is 1.05 bits per heavy atom. The summed E-state index contributed by atoms with van der Waals surface area (Å²) in [6.45, 7) is 4.33. The van der Waals surface area contributed by atoms with E-state index in [1.54, 1.807) is 6.08 Å². The van der Waals surface area contributed by atoms with E-state index in [2.05, 4.69) is 43.5 Å². The maximum absolute atomic E-state index is 12.4. The molecule has 0 aromatic rings. The summed E-state index contributed by atoms with van der Waals surface area (Å²) in [6, 6.07) is -0.627. The number of carbonyl (C=O) groups is 1. The molecular formula is C53H101NO3. The minimum atomic E-state index is -0.843. The second-order valence-corrected chi connectivity index (χ2v) is 17.6. The number of aliphatic hydroxyl groups excluding tert-OH is 2. The van der Waals surface area contributed by atoms with E-state index in [9.17, 15) is 15.0 Å². The summed E-state index contributed by atoms with van der Waals surface area (Å²) in [4.78, 5) is 12.4. The molecule has 0 aliphatic rings. The average Bonchev–Trinajstić information content (AvgIpc) is 3.22. The first-order valence-electron chi connectivity index (χ1n) is 25.7. The molecule has 0 spiro atoms. The van der Waals surface area contributed by atoms with E-state index in [1.807, 2.05) is 6.08 Å². The molecule has 0 saturated heterocycles. The van der Waals surface area contributed by atoms with Gasteiger partial charge in [-0.1, -0.05) is 256 Å². The van der Waals surface area contributed by atoms with Gasteiger partial charge in [-0.25, -0.2) is 0 Å². The topological polar surface area (TPSA) is 69.6 Å². The minimum absolute atomic E-state index is 0.0688. The zero-order chi connectivity index (χ0) is 41.4. The van der Waals surface area contributed by atoms with Crippen LogP contribution in [0.5, 0.6) is 0 Å². The van der Waals surface area contributed by atoms with Crippen LogP contribution in [0.2, 0.25) is 0 Å². The van der Waals surface area contributed by atoms with Gasteiger partial charge in [0.2, 0.25) is 5.91 Å². The van der Waals surface area contributed by atoms with Gasteiger partial charge in [0, 0.05) is 6.42 Å². The standard InChI is InChI=1S/C53H101NO3/c1-3-5-7-9-11-13-15-17-19-21-23-25-27-29-31-33-35-37-39-41-43-45-47-49-53(57)54-51(50-55)52(56)48-46-44-42-40-38-36-34-32-30-28-26-24-22-20-18-16-14-12-10-8-6-4-2/h23,25,29,31,46,48,51-52,55-56H,3-22,24,26-28,30,32-45,47,49-50H2,1-2H3,(H,54,57)/b25-23-,31-29-,48-46+. The maximum Gasteiger partial charge on any atom is 0.220 e. The van der Waals surface area contributed by atoms with Gasteiger partial charge in [-0.15, -0.1) is 0 Å². The fraction of sp³-hybridized carbons (Fsp3) is 0.868. The number of amides is 1. The van der Waals surface area contributed by atoms with Gasteiger partial charge in [0.15, 0.2) is 0 Å². The molecule has 0 aromatic carbocycles. The van der Waals surface area contributed by atoms with Gasteiger partial charge in [-0.05, 0) is 51.4 Å². The van der Waals surface area contributed by atoms with E-state index in [0.29, 0.717) is 6.42 Å². The highest BCUT2D eigenvalue weighted by molar-refractivity contribution is 5.76. The van der Waals surface area contributed by atoms with Crippen LogP contribution in [-0.4, -0.2) is 34.9 Å². The monoisotopic (exact) mass is 800 g/mol. The molecule has 0 radical (unpaired) electrons. The molecule has 0 saturated carbocycles. The van der Waals surface area contributed by atoms with Crippen molar-refractivity contribution in [3.05, 3.63) is 36.5 Å². The summed E-state index contributed by atoms with van der Waals surface area (Å²) >= 11 is 0. The molecule has 0 aliphatic heterocycles. The van der Waals surface area contributed by atoms with Crippen LogP contribution in [0.4, 0.5) is 0 Å².